The average Bonchev–Trinajstić information content (AvgIpc) is 3.42. The summed E-state index contributed by atoms with van der Waals surface area (Å²) in [7, 11) is 0. The summed E-state index contributed by atoms with van der Waals surface area (Å²) in [6.07, 6.45) is 84.5. The largest absolute Gasteiger partial charge is 0.462 e. The first kappa shape index (κ1) is 72.6. The molecule has 6 nitrogen and oxygen atoms in total. The summed E-state index contributed by atoms with van der Waals surface area (Å²) in [6.45, 7) is 6.51. The molecule has 1 atom stereocenters. The summed E-state index contributed by atoms with van der Waals surface area (Å²) < 4.78 is 16.9. The maximum Gasteiger partial charge on any atom is 0.306 e. The molecule has 0 fully saturated rings. The van der Waals surface area contributed by atoms with E-state index >= 15 is 0 Å². The van der Waals surface area contributed by atoms with Crippen molar-refractivity contribution in [2.24, 2.45) is 0 Å². The SMILES string of the molecule is CC/C=C\C/C=C\C/C=C\C/C=C\CCCCCCCCCCCCC(=O)OCC(COC(=O)CCCCCCC/C=C\CCCCC)OC(=O)CCCCCCCCCCCCC/C=C\C/C=C\CCCCCCC. The van der Waals surface area contributed by atoms with Crippen molar-refractivity contribution in [3.8, 4) is 0 Å². The number of carbonyl (C=O) groups excluding carboxylic acids is 3. The molecule has 0 aromatic heterocycles. The Morgan fingerprint density at radius 3 is 0.842 bits per heavy atom. The van der Waals surface area contributed by atoms with Gasteiger partial charge in [-0.3, -0.25) is 14.4 Å². The van der Waals surface area contributed by atoms with Crippen LogP contribution < -0.4 is 0 Å². The van der Waals surface area contributed by atoms with Gasteiger partial charge in [0.2, 0.25) is 0 Å². The lowest BCUT2D eigenvalue weighted by molar-refractivity contribution is -0.167. The van der Waals surface area contributed by atoms with Gasteiger partial charge in [0.25, 0.3) is 0 Å². The minimum Gasteiger partial charge on any atom is -0.462 e. The van der Waals surface area contributed by atoms with E-state index in [1.165, 1.54) is 186 Å². The van der Waals surface area contributed by atoms with Crippen molar-refractivity contribution in [3.05, 3.63) is 85.1 Å². The van der Waals surface area contributed by atoms with E-state index in [9.17, 15) is 14.4 Å². The Labute approximate surface area is 471 Å². The lowest BCUT2D eigenvalue weighted by Crippen LogP contribution is -2.30. The minimum atomic E-state index is -0.784. The van der Waals surface area contributed by atoms with Crippen molar-refractivity contribution >= 4 is 17.9 Å². The van der Waals surface area contributed by atoms with Crippen LogP contribution in [0.3, 0.4) is 0 Å². The molecule has 0 aliphatic carbocycles. The zero-order valence-corrected chi connectivity index (χ0v) is 50.3. The number of rotatable bonds is 59. The van der Waals surface area contributed by atoms with E-state index in [-0.39, 0.29) is 31.1 Å². The Kier molecular flexibility index (Phi) is 61.2. The Morgan fingerprint density at radius 1 is 0.276 bits per heavy atom. The number of esters is 3. The minimum absolute atomic E-state index is 0.0807. The van der Waals surface area contributed by atoms with Crippen molar-refractivity contribution < 1.29 is 28.6 Å². The second kappa shape index (κ2) is 64.1. The van der Waals surface area contributed by atoms with Crippen molar-refractivity contribution in [1.29, 1.82) is 0 Å². The van der Waals surface area contributed by atoms with Gasteiger partial charge in [0.1, 0.15) is 13.2 Å². The van der Waals surface area contributed by atoms with E-state index in [2.05, 4.69) is 106 Å². The highest BCUT2D eigenvalue weighted by atomic mass is 16.6. The molecular formula is C70H122O6. The third-order valence-corrected chi connectivity index (χ3v) is 14.1. The molecule has 0 amide bonds. The predicted octanol–water partition coefficient (Wildman–Crippen LogP) is 22.3. The van der Waals surface area contributed by atoms with E-state index < -0.39 is 6.10 Å². The molecule has 0 spiro atoms. The Bertz CT molecular complexity index is 1450. The Hall–Kier alpha value is -3.41. The van der Waals surface area contributed by atoms with Crippen LogP contribution in [0.25, 0.3) is 0 Å². The van der Waals surface area contributed by atoms with E-state index in [1.54, 1.807) is 0 Å². The monoisotopic (exact) mass is 1060 g/mol. The van der Waals surface area contributed by atoms with Gasteiger partial charge in [-0.2, -0.15) is 0 Å². The number of ether oxygens (including phenoxy) is 3. The van der Waals surface area contributed by atoms with Crippen LogP contribution in [0.1, 0.15) is 323 Å². The van der Waals surface area contributed by atoms with Crippen molar-refractivity contribution in [2.75, 3.05) is 13.2 Å². The fourth-order valence-electron chi connectivity index (χ4n) is 9.23. The number of unbranched alkanes of at least 4 members (excludes halogenated alkanes) is 34. The first-order chi connectivity index (χ1) is 37.5. The van der Waals surface area contributed by atoms with Crippen LogP contribution in [-0.2, 0) is 28.6 Å². The molecule has 0 N–H and O–H groups in total. The molecular weight excluding hydrogens is 937 g/mol. The normalized spacial score (nSPS) is 12.6. The van der Waals surface area contributed by atoms with Gasteiger partial charge < -0.3 is 14.2 Å². The number of allylic oxidation sites excluding steroid dienone is 14. The van der Waals surface area contributed by atoms with Crippen LogP contribution in [0.4, 0.5) is 0 Å². The van der Waals surface area contributed by atoms with Crippen LogP contribution in [0, 0.1) is 0 Å². The Balaban J connectivity index is 4.30. The molecule has 0 rings (SSSR count). The van der Waals surface area contributed by atoms with E-state index in [4.69, 9.17) is 14.2 Å². The standard InChI is InChI=1S/C70H122O6/c1-4-7-10-13-16-19-22-25-27-29-31-33-35-37-39-41-43-45-48-51-54-57-60-63-69(72)75-66-67(65-74-68(71)62-59-56-53-50-47-24-21-18-15-12-9-6-3)76-70(73)64-61-58-55-52-49-46-44-42-40-38-36-34-32-30-28-26-23-20-17-14-11-8-5-2/h7,10,16,18-19,21,23,25-27,30-33,67H,4-6,8-9,11-15,17,20,22,24,28-29,34-66H2,1-3H3/b10-7-,19-16-,21-18-,26-23-,27-25-,32-30-,33-31-. The fraction of sp³-hybridized carbons (Fsp3) is 0.757. The summed E-state index contributed by atoms with van der Waals surface area (Å²) in [6, 6.07) is 0. The highest BCUT2D eigenvalue weighted by Gasteiger charge is 2.19. The van der Waals surface area contributed by atoms with E-state index in [1.807, 2.05) is 0 Å². The summed E-state index contributed by atoms with van der Waals surface area (Å²) in [4.78, 5) is 38.3. The average molecular weight is 1060 g/mol. The smallest absolute Gasteiger partial charge is 0.306 e. The lowest BCUT2D eigenvalue weighted by Gasteiger charge is -2.18. The molecule has 0 aliphatic rings. The van der Waals surface area contributed by atoms with Crippen LogP contribution >= 0.6 is 0 Å². The molecule has 0 heterocycles. The van der Waals surface area contributed by atoms with Crippen molar-refractivity contribution in [1.82, 2.24) is 0 Å². The molecule has 0 saturated heterocycles. The second-order valence-electron chi connectivity index (χ2n) is 21.6. The van der Waals surface area contributed by atoms with E-state index in [0.717, 1.165) is 96.3 Å². The Morgan fingerprint density at radius 2 is 0.513 bits per heavy atom. The number of carbonyl (C=O) groups is 3. The molecule has 76 heavy (non-hydrogen) atoms. The summed E-state index contributed by atoms with van der Waals surface area (Å²) in [5.74, 6) is -0.883. The molecule has 6 heteroatoms. The van der Waals surface area contributed by atoms with Gasteiger partial charge in [-0.15, -0.1) is 0 Å². The van der Waals surface area contributed by atoms with Gasteiger partial charge >= 0.3 is 17.9 Å². The van der Waals surface area contributed by atoms with E-state index in [0.29, 0.717) is 19.3 Å². The molecule has 0 saturated carbocycles. The third-order valence-electron chi connectivity index (χ3n) is 14.1. The molecule has 1 unspecified atom stereocenters. The lowest BCUT2D eigenvalue weighted by atomic mass is 10.0. The zero-order valence-electron chi connectivity index (χ0n) is 50.3. The summed E-state index contributed by atoms with van der Waals surface area (Å²) >= 11 is 0. The topological polar surface area (TPSA) is 78.9 Å². The number of hydrogen-bond donors (Lipinski definition) is 0. The molecule has 0 radical (unpaired) electrons. The third kappa shape index (κ3) is 61.4. The molecule has 438 valence electrons. The molecule has 0 aromatic rings. The molecule has 0 bridgehead atoms. The van der Waals surface area contributed by atoms with Crippen LogP contribution in [0.2, 0.25) is 0 Å². The fourth-order valence-corrected chi connectivity index (χ4v) is 9.23. The van der Waals surface area contributed by atoms with Gasteiger partial charge in [0.05, 0.1) is 0 Å². The van der Waals surface area contributed by atoms with Gasteiger partial charge in [-0.1, -0.05) is 273 Å². The zero-order chi connectivity index (χ0) is 55.0. The number of hydrogen-bond acceptors (Lipinski definition) is 6. The van der Waals surface area contributed by atoms with Crippen LogP contribution in [0.5, 0.6) is 0 Å². The highest BCUT2D eigenvalue weighted by Crippen LogP contribution is 2.16. The molecule has 0 aromatic carbocycles. The van der Waals surface area contributed by atoms with Gasteiger partial charge in [-0.05, 0) is 116 Å². The predicted molar refractivity (Wildman–Crippen MR) is 330 cm³/mol. The maximum atomic E-state index is 12.9. The second-order valence-corrected chi connectivity index (χ2v) is 21.6. The van der Waals surface area contributed by atoms with Crippen molar-refractivity contribution in [2.45, 2.75) is 329 Å². The summed E-state index contributed by atoms with van der Waals surface area (Å²) in [5, 5.41) is 0. The van der Waals surface area contributed by atoms with Gasteiger partial charge in [0.15, 0.2) is 6.10 Å². The van der Waals surface area contributed by atoms with Crippen molar-refractivity contribution in [3.63, 3.8) is 0 Å². The quantitative estimate of drug-likeness (QED) is 0.0261. The van der Waals surface area contributed by atoms with Gasteiger partial charge in [-0.25, -0.2) is 0 Å². The first-order valence-electron chi connectivity index (χ1n) is 32.6. The maximum absolute atomic E-state index is 12.9. The van der Waals surface area contributed by atoms with Crippen LogP contribution in [-0.4, -0.2) is 37.2 Å². The summed E-state index contributed by atoms with van der Waals surface area (Å²) in [5.41, 5.74) is 0. The highest BCUT2D eigenvalue weighted by molar-refractivity contribution is 5.71. The van der Waals surface area contributed by atoms with Gasteiger partial charge in [0, 0.05) is 19.3 Å². The van der Waals surface area contributed by atoms with Crippen LogP contribution in [0.15, 0.2) is 85.1 Å². The molecule has 0 aliphatic heterocycles. The first-order valence-corrected chi connectivity index (χ1v) is 32.6.